The highest BCUT2D eigenvalue weighted by Crippen LogP contribution is 2.19. The Morgan fingerprint density at radius 2 is 1.68 bits per heavy atom. The van der Waals surface area contributed by atoms with E-state index >= 15 is 0 Å². The first-order chi connectivity index (χ1) is 8.55. The Kier molecular flexibility index (Phi) is 4.76. The van der Waals surface area contributed by atoms with Gasteiger partial charge in [0.1, 0.15) is 0 Å². The summed E-state index contributed by atoms with van der Waals surface area (Å²) in [7, 11) is -3.41. The summed E-state index contributed by atoms with van der Waals surface area (Å²) in [6, 6.07) is 6.78. The van der Waals surface area contributed by atoms with E-state index in [0.29, 0.717) is 4.90 Å². The van der Waals surface area contributed by atoms with Gasteiger partial charge in [-0.25, -0.2) is 8.42 Å². The first kappa shape index (κ1) is 16.1. The normalized spacial score (nSPS) is 14.7. The van der Waals surface area contributed by atoms with Crippen LogP contribution in [0.5, 0.6) is 0 Å². The summed E-state index contributed by atoms with van der Waals surface area (Å²) < 4.78 is 24.7. The van der Waals surface area contributed by atoms with Crippen LogP contribution in [-0.2, 0) is 9.84 Å². The second-order valence-electron chi connectivity index (χ2n) is 5.92. The zero-order valence-corrected chi connectivity index (χ0v) is 13.0. The van der Waals surface area contributed by atoms with E-state index in [1.807, 2.05) is 27.7 Å². The van der Waals surface area contributed by atoms with Gasteiger partial charge in [0.2, 0.25) is 0 Å². The van der Waals surface area contributed by atoms with Gasteiger partial charge in [-0.1, -0.05) is 17.7 Å². The lowest BCUT2D eigenvalue weighted by Crippen LogP contribution is -2.44. The van der Waals surface area contributed by atoms with E-state index in [4.69, 9.17) is 0 Å². The molecule has 1 atom stereocenters. The van der Waals surface area contributed by atoms with Gasteiger partial charge in [0.25, 0.3) is 0 Å². The van der Waals surface area contributed by atoms with Crippen molar-refractivity contribution < 1.29 is 13.6 Å². The van der Waals surface area contributed by atoms with E-state index in [0.717, 1.165) is 10.6 Å². The first-order valence-corrected chi connectivity index (χ1v) is 7.87. The predicted octanol–water partition coefficient (Wildman–Crippen LogP) is 2.65. The van der Waals surface area contributed by atoms with Gasteiger partial charge in [-0.2, -0.15) is 5.06 Å². The Morgan fingerprint density at radius 1 is 1.21 bits per heavy atom. The van der Waals surface area contributed by atoms with E-state index in [9.17, 15) is 13.6 Å². The van der Waals surface area contributed by atoms with Crippen molar-refractivity contribution in [2.45, 2.75) is 50.3 Å². The molecule has 4 nitrogen and oxygen atoms in total. The number of nitrogens with zero attached hydrogens (tertiary/aromatic N) is 1. The van der Waals surface area contributed by atoms with E-state index in [-0.39, 0.29) is 6.54 Å². The van der Waals surface area contributed by atoms with Crippen molar-refractivity contribution in [2.75, 3.05) is 6.54 Å². The molecule has 0 bridgehead atoms. The Bertz CT molecular complexity index is 515. The molecule has 0 aliphatic heterocycles. The molecule has 0 spiro atoms. The fraction of sp³-hybridized carbons (Fsp3) is 0.571. The third-order valence-electron chi connectivity index (χ3n) is 3.08. The van der Waals surface area contributed by atoms with Gasteiger partial charge in [-0.3, -0.25) is 0 Å². The molecule has 1 aromatic rings. The van der Waals surface area contributed by atoms with Gasteiger partial charge < -0.3 is 5.21 Å². The van der Waals surface area contributed by atoms with Crippen LogP contribution in [0.1, 0.15) is 33.3 Å². The van der Waals surface area contributed by atoms with Crippen LogP contribution in [0, 0.1) is 6.92 Å². The SMILES string of the molecule is Cc1ccc(S(=O)(=O)C(C)CN(O)C(C)(C)C)cc1. The lowest BCUT2D eigenvalue weighted by Gasteiger charge is -2.31. The van der Waals surface area contributed by atoms with Crippen LogP contribution in [0.15, 0.2) is 29.2 Å². The van der Waals surface area contributed by atoms with E-state index in [2.05, 4.69) is 0 Å². The summed E-state index contributed by atoms with van der Waals surface area (Å²) in [5.74, 6) is 0. The molecule has 108 valence electrons. The molecule has 0 saturated carbocycles. The summed E-state index contributed by atoms with van der Waals surface area (Å²) in [6.07, 6.45) is 0. The van der Waals surface area contributed by atoms with E-state index in [1.165, 1.54) is 0 Å². The fourth-order valence-electron chi connectivity index (χ4n) is 1.58. The van der Waals surface area contributed by atoms with Crippen molar-refractivity contribution in [2.24, 2.45) is 0 Å². The van der Waals surface area contributed by atoms with Crippen molar-refractivity contribution in [1.29, 1.82) is 0 Å². The molecule has 1 unspecified atom stereocenters. The third-order valence-corrected chi connectivity index (χ3v) is 5.22. The second kappa shape index (κ2) is 5.61. The second-order valence-corrected chi connectivity index (χ2v) is 8.29. The molecule has 5 heteroatoms. The van der Waals surface area contributed by atoms with Crippen LogP contribution < -0.4 is 0 Å². The van der Waals surface area contributed by atoms with Crippen molar-refractivity contribution in [1.82, 2.24) is 5.06 Å². The van der Waals surface area contributed by atoms with Crippen LogP contribution in [0.25, 0.3) is 0 Å². The maximum atomic E-state index is 12.4. The Labute approximate surface area is 115 Å². The van der Waals surface area contributed by atoms with Crippen LogP contribution in [0.2, 0.25) is 0 Å². The number of hydrogen-bond donors (Lipinski definition) is 1. The van der Waals surface area contributed by atoms with Crippen molar-refractivity contribution in [3.8, 4) is 0 Å². The molecular weight excluding hydrogens is 262 g/mol. The fourth-order valence-corrected chi connectivity index (χ4v) is 2.89. The average molecular weight is 285 g/mol. The Hall–Kier alpha value is -0.910. The standard InChI is InChI=1S/C14H23NO3S/c1-11-6-8-13(9-7-11)19(17,18)12(2)10-15(16)14(3,4)5/h6-9,12,16H,10H2,1-5H3. The molecule has 0 aromatic heterocycles. The number of rotatable bonds is 4. The Morgan fingerprint density at radius 3 is 2.11 bits per heavy atom. The number of aryl methyl sites for hydroxylation is 1. The molecule has 1 N–H and O–H groups in total. The molecule has 0 heterocycles. The third kappa shape index (κ3) is 4.03. The molecule has 0 radical (unpaired) electrons. The van der Waals surface area contributed by atoms with Crippen LogP contribution in [-0.4, -0.2) is 36.0 Å². The summed E-state index contributed by atoms with van der Waals surface area (Å²) in [6.45, 7) is 9.10. The average Bonchev–Trinajstić information content (AvgIpc) is 2.28. The van der Waals surface area contributed by atoms with E-state index in [1.54, 1.807) is 31.2 Å². The molecule has 0 saturated heterocycles. The first-order valence-electron chi connectivity index (χ1n) is 6.32. The zero-order chi connectivity index (χ0) is 14.8. The lowest BCUT2D eigenvalue weighted by molar-refractivity contribution is -0.154. The van der Waals surface area contributed by atoms with Crippen LogP contribution in [0.3, 0.4) is 0 Å². The molecule has 1 rings (SSSR count). The lowest BCUT2D eigenvalue weighted by atomic mass is 10.1. The van der Waals surface area contributed by atoms with Crippen molar-refractivity contribution in [3.63, 3.8) is 0 Å². The zero-order valence-electron chi connectivity index (χ0n) is 12.2. The number of hydroxylamine groups is 2. The summed E-state index contributed by atoms with van der Waals surface area (Å²) in [5, 5.41) is 10.3. The van der Waals surface area contributed by atoms with Gasteiger partial charge >= 0.3 is 0 Å². The molecule has 0 aliphatic rings. The quantitative estimate of drug-likeness (QED) is 0.864. The summed E-state index contributed by atoms with van der Waals surface area (Å²) >= 11 is 0. The van der Waals surface area contributed by atoms with Gasteiger partial charge in [-0.05, 0) is 46.8 Å². The highest BCUT2D eigenvalue weighted by atomic mass is 32.2. The summed E-state index contributed by atoms with van der Waals surface area (Å²) in [4.78, 5) is 0.299. The van der Waals surface area contributed by atoms with E-state index < -0.39 is 20.6 Å². The minimum atomic E-state index is -3.41. The maximum absolute atomic E-state index is 12.4. The number of hydrogen-bond acceptors (Lipinski definition) is 4. The number of sulfone groups is 1. The highest BCUT2D eigenvalue weighted by Gasteiger charge is 2.29. The smallest absolute Gasteiger partial charge is 0.182 e. The highest BCUT2D eigenvalue weighted by molar-refractivity contribution is 7.92. The maximum Gasteiger partial charge on any atom is 0.182 e. The van der Waals surface area contributed by atoms with Gasteiger partial charge in [0.05, 0.1) is 10.1 Å². The molecule has 0 amide bonds. The minimum Gasteiger partial charge on any atom is -0.313 e. The van der Waals surface area contributed by atoms with Crippen molar-refractivity contribution in [3.05, 3.63) is 29.8 Å². The molecule has 0 aliphatic carbocycles. The molecule has 1 aromatic carbocycles. The van der Waals surface area contributed by atoms with Gasteiger partial charge in [0, 0.05) is 12.1 Å². The molecular formula is C14H23NO3S. The summed E-state index contributed by atoms with van der Waals surface area (Å²) in [5.41, 5.74) is 0.543. The molecule has 19 heavy (non-hydrogen) atoms. The van der Waals surface area contributed by atoms with Crippen molar-refractivity contribution >= 4 is 9.84 Å². The van der Waals surface area contributed by atoms with Gasteiger partial charge in [-0.15, -0.1) is 0 Å². The molecule has 0 fully saturated rings. The minimum absolute atomic E-state index is 0.0830. The Balaban J connectivity index is 2.92. The largest absolute Gasteiger partial charge is 0.313 e. The van der Waals surface area contributed by atoms with Gasteiger partial charge in [0.15, 0.2) is 9.84 Å². The van der Waals surface area contributed by atoms with Crippen LogP contribution in [0.4, 0.5) is 0 Å². The van der Waals surface area contributed by atoms with Crippen LogP contribution >= 0.6 is 0 Å². The topological polar surface area (TPSA) is 57.6 Å². The predicted molar refractivity (Wildman–Crippen MR) is 76.1 cm³/mol. The monoisotopic (exact) mass is 285 g/mol. The number of benzene rings is 1.